The third-order valence-electron chi connectivity index (χ3n) is 10.7. The van der Waals surface area contributed by atoms with Crippen LogP contribution < -0.4 is 11.2 Å². The Balaban J connectivity index is 1.11. The fourth-order valence-corrected chi connectivity index (χ4v) is 9.59. The molecule has 0 unspecified atom stereocenters. The SMILES string of the molecule is CO[C@@H]1[C@H](O[Si](C)(C)C(C)(C)C)[C@@H](CO[P@]2(=O)OC[C@H]3O[C@@H](n4cnc5c(Cl)ncnc54)[C@H](OC)[C@@H]3O2)O[C@H]1n1ccc(=O)n(COCc2ccccc2)c1=O. The molecule has 3 aromatic heterocycles. The van der Waals surface area contributed by atoms with Crippen LogP contribution in [-0.4, -0.2) is 101 Å². The van der Waals surface area contributed by atoms with Gasteiger partial charge in [0, 0.05) is 26.5 Å². The first-order valence-corrected chi connectivity index (χ1v) is 22.8. The molecular formula is C35H46ClN6O12PSi. The number of halogens is 1. The first-order chi connectivity index (χ1) is 26.6. The average molecular weight is 837 g/mol. The summed E-state index contributed by atoms with van der Waals surface area (Å²) in [5, 5.41) is -0.0452. The number of ether oxygens (including phenoxy) is 5. The van der Waals surface area contributed by atoms with Crippen molar-refractivity contribution in [1.82, 2.24) is 28.7 Å². The van der Waals surface area contributed by atoms with Gasteiger partial charge in [0.2, 0.25) is 0 Å². The number of aromatic nitrogens is 6. The largest absolute Gasteiger partial charge is 0.475 e. The monoisotopic (exact) mass is 836 g/mol. The van der Waals surface area contributed by atoms with Gasteiger partial charge in [-0.2, -0.15) is 0 Å². The molecule has 0 bridgehead atoms. The molecule has 0 N–H and O–H groups in total. The Labute approximate surface area is 328 Å². The van der Waals surface area contributed by atoms with Gasteiger partial charge >= 0.3 is 13.5 Å². The van der Waals surface area contributed by atoms with Crippen molar-refractivity contribution in [2.24, 2.45) is 0 Å². The minimum Gasteiger partial charge on any atom is -0.408 e. The third-order valence-corrected chi connectivity index (χ3v) is 16.9. The van der Waals surface area contributed by atoms with Crippen molar-refractivity contribution < 1.29 is 46.2 Å². The average Bonchev–Trinajstić information content (AvgIpc) is 3.85. The van der Waals surface area contributed by atoms with E-state index in [-0.39, 0.29) is 36.7 Å². The highest BCUT2D eigenvalue weighted by molar-refractivity contribution is 7.48. The molecule has 0 amide bonds. The summed E-state index contributed by atoms with van der Waals surface area (Å²) in [6.07, 6.45) is -2.58. The number of imidazole rings is 1. The number of nitrogens with zero attached hydrogens (tertiary/aromatic N) is 6. The predicted octanol–water partition coefficient (Wildman–Crippen LogP) is 4.43. The van der Waals surface area contributed by atoms with Crippen LogP contribution in [-0.2, 0) is 59.6 Å². The van der Waals surface area contributed by atoms with E-state index in [1.807, 2.05) is 30.3 Å². The van der Waals surface area contributed by atoms with Crippen molar-refractivity contribution in [3.63, 3.8) is 0 Å². The maximum Gasteiger partial charge on any atom is 0.475 e. The second-order valence-electron chi connectivity index (χ2n) is 15.2. The third kappa shape index (κ3) is 7.97. The van der Waals surface area contributed by atoms with Crippen molar-refractivity contribution in [3.05, 3.63) is 86.8 Å². The molecule has 0 radical (unpaired) electrons. The maximum absolute atomic E-state index is 14.2. The molecule has 304 valence electrons. The van der Waals surface area contributed by atoms with Crippen molar-refractivity contribution in [1.29, 1.82) is 0 Å². The number of phosphoric ester groups is 1. The van der Waals surface area contributed by atoms with Crippen LogP contribution in [0.2, 0.25) is 23.3 Å². The topological polar surface area (TPSA) is 188 Å². The van der Waals surface area contributed by atoms with E-state index in [2.05, 4.69) is 48.8 Å². The zero-order chi connectivity index (χ0) is 40.0. The van der Waals surface area contributed by atoms with E-state index in [1.54, 1.807) is 4.57 Å². The highest BCUT2D eigenvalue weighted by atomic mass is 35.5. The Morgan fingerprint density at radius 2 is 1.70 bits per heavy atom. The van der Waals surface area contributed by atoms with Gasteiger partial charge in [0.25, 0.3) is 5.56 Å². The molecule has 3 aliphatic rings. The molecule has 6 heterocycles. The van der Waals surface area contributed by atoms with Crippen molar-refractivity contribution in [3.8, 4) is 0 Å². The van der Waals surface area contributed by atoms with E-state index in [0.717, 1.165) is 10.1 Å². The lowest BCUT2D eigenvalue weighted by molar-refractivity contribution is -0.0849. The zero-order valence-corrected chi connectivity index (χ0v) is 34.7. The van der Waals surface area contributed by atoms with E-state index in [0.29, 0.717) is 11.2 Å². The molecule has 0 aliphatic carbocycles. The second-order valence-corrected chi connectivity index (χ2v) is 21.9. The molecule has 18 nitrogen and oxygen atoms in total. The molecule has 1 aromatic carbocycles. The lowest BCUT2D eigenvalue weighted by atomic mass is 10.1. The van der Waals surface area contributed by atoms with Crippen molar-refractivity contribution in [2.45, 2.75) is 101 Å². The predicted molar refractivity (Wildman–Crippen MR) is 202 cm³/mol. The van der Waals surface area contributed by atoms with Gasteiger partial charge < -0.3 is 28.1 Å². The Hall–Kier alpha value is -3.17. The summed E-state index contributed by atoms with van der Waals surface area (Å²) in [5.41, 5.74) is 0.455. The molecule has 21 heteroatoms. The summed E-state index contributed by atoms with van der Waals surface area (Å²) >= 11 is 6.23. The van der Waals surface area contributed by atoms with E-state index in [9.17, 15) is 14.2 Å². The molecule has 0 saturated carbocycles. The maximum atomic E-state index is 14.2. The van der Waals surface area contributed by atoms with E-state index < -0.39 is 76.5 Å². The van der Waals surface area contributed by atoms with Gasteiger partial charge in [0.1, 0.15) is 55.2 Å². The Bertz CT molecular complexity index is 2180. The first kappa shape index (κ1) is 41.0. The summed E-state index contributed by atoms with van der Waals surface area (Å²) in [4.78, 5) is 39.4. The fourth-order valence-electron chi connectivity index (χ4n) is 6.68. The minimum atomic E-state index is -4.27. The summed E-state index contributed by atoms with van der Waals surface area (Å²) in [6, 6.07) is 10.6. The number of hydrogen-bond acceptors (Lipinski definition) is 15. The molecule has 56 heavy (non-hydrogen) atoms. The number of benzene rings is 1. The molecule has 3 aliphatic heterocycles. The molecular weight excluding hydrogens is 791 g/mol. The highest BCUT2D eigenvalue weighted by Crippen LogP contribution is 2.57. The van der Waals surface area contributed by atoms with Crippen molar-refractivity contribution >= 4 is 38.9 Å². The van der Waals surface area contributed by atoms with Crippen LogP contribution in [0, 0.1) is 0 Å². The Kier molecular flexibility index (Phi) is 11.9. The van der Waals surface area contributed by atoms with Gasteiger partial charge in [0.05, 0.1) is 26.1 Å². The number of rotatable bonds is 13. The molecule has 3 saturated heterocycles. The Morgan fingerprint density at radius 3 is 2.41 bits per heavy atom. The quantitative estimate of drug-likeness (QED) is 0.104. The van der Waals surface area contributed by atoms with Crippen molar-refractivity contribution in [2.75, 3.05) is 27.4 Å². The molecule has 3 fully saturated rings. The fraction of sp³-hybridized carbons (Fsp3) is 0.571. The number of phosphoric acid groups is 1. The van der Waals surface area contributed by atoms with Crippen LogP contribution in [0.25, 0.3) is 11.2 Å². The van der Waals surface area contributed by atoms with Crippen LogP contribution in [0.4, 0.5) is 0 Å². The van der Waals surface area contributed by atoms with Gasteiger partial charge in [-0.25, -0.2) is 28.9 Å². The molecule has 4 aromatic rings. The first-order valence-electron chi connectivity index (χ1n) is 18.0. The van der Waals surface area contributed by atoms with Crippen LogP contribution >= 0.6 is 19.4 Å². The minimum absolute atomic E-state index is 0.136. The van der Waals surface area contributed by atoms with E-state index in [4.69, 9.17) is 53.3 Å². The number of fused-ring (bicyclic) bond motifs is 2. The highest BCUT2D eigenvalue weighted by Gasteiger charge is 2.56. The second kappa shape index (κ2) is 16.2. The van der Waals surface area contributed by atoms with Gasteiger partial charge in [-0.15, -0.1) is 0 Å². The van der Waals surface area contributed by atoms with Crippen LogP contribution in [0.1, 0.15) is 38.8 Å². The molecule has 9 atom stereocenters. The lowest BCUT2D eigenvalue weighted by Crippen LogP contribution is -2.50. The van der Waals surface area contributed by atoms with Gasteiger partial charge in [-0.3, -0.25) is 27.5 Å². The van der Waals surface area contributed by atoms with Gasteiger partial charge in [0.15, 0.2) is 31.6 Å². The van der Waals surface area contributed by atoms with Crippen LogP contribution in [0.15, 0.2) is 64.8 Å². The summed E-state index contributed by atoms with van der Waals surface area (Å²) in [5.74, 6) is 0. The standard InChI is InChI=1S/C35H46ClN6O12PSi/c1-35(2,3)56(6,7)54-27-23(52-32(29(27)47-5)40-14-13-24(43)42(34(40)44)20-48-15-21-11-9-8-10-12-21)17-50-55(45)49-16-22-26(53-55)28(46-4)33(51-22)41-19-39-25-30(36)37-18-38-31(25)41/h8-14,18-19,22-23,26-29,32-33H,15-17,20H2,1-7H3/t22-,23-,26-,27-,28-,29-,32-,33-,55+/m1/s1. The smallest absolute Gasteiger partial charge is 0.408 e. The summed E-state index contributed by atoms with van der Waals surface area (Å²) in [7, 11) is -3.83. The van der Waals surface area contributed by atoms with Gasteiger partial charge in [-0.1, -0.05) is 62.7 Å². The Morgan fingerprint density at radius 1 is 0.964 bits per heavy atom. The van der Waals surface area contributed by atoms with E-state index in [1.165, 1.54) is 43.7 Å². The molecule has 0 spiro atoms. The normalized spacial score (nSPS) is 29.6. The number of methoxy groups -OCH3 is 2. The van der Waals surface area contributed by atoms with Crippen LogP contribution in [0.5, 0.6) is 0 Å². The lowest BCUT2D eigenvalue weighted by Gasteiger charge is -2.40. The molecule has 7 rings (SSSR count). The summed E-state index contributed by atoms with van der Waals surface area (Å²) < 4.78 is 72.9. The number of hydrogen-bond donors (Lipinski definition) is 0. The summed E-state index contributed by atoms with van der Waals surface area (Å²) in [6.45, 7) is 9.84. The van der Waals surface area contributed by atoms with Gasteiger partial charge in [-0.05, 0) is 23.7 Å². The van der Waals surface area contributed by atoms with Crippen LogP contribution in [0.3, 0.4) is 0 Å². The zero-order valence-electron chi connectivity index (χ0n) is 32.1. The van der Waals surface area contributed by atoms with E-state index >= 15 is 0 Å².